The van der Waals surface area contributed by atoms with Crippen LogP contribution in [0.2, 0.25) is 0 Å². The van der Waals surface area contributed by atoms with E-state index in [1.165, 1.54) is 0 Å². The zero-order chi connectivity index (χ0) is 18.2. The Hall–Kier alpha value is -0.720. The SMILES string of the molecule is CC(C)(C)C/C(=C/CC(O)(C(F)(F)F)C(F)(F)F)C(C)(C)C. The van der Waals surface area contributed by atoms with Gasteiger partial charge in [-0.25, -0.2) is 0 Å². The number of hydrogen-bond donors (Lipinski definition) is 1. The largest absolute Gasteiger partial charge is 0.426 e. The Morgan fingerprint density at radius 3 is 1.41 bits per heavy atom. The van der Waals surface area contributed by atoms with Crippen molar-refractivity contribution < 1.29 is 31.4 Å². The Kier molecular flexibility index (Phi) is 5.86. The number of alkyl halides is 6. The summed E-state index contributed by atoms with van der Waals surface area (Å²) in [4.78, 5) is 0. The van der Waals surface area contributed by atoms with Crippen molar-refractivity contribution in [1.82, 2.24) is 0 Å². The van der Waals surface area contributed by atoms with E-state index in [2.05, 4.69) is 0 Å². The Bertz CT molecular complexity index is 390. The number of rotatable bonds is 3. The van der Waals surface area contributed by atoms with E-state index in [9.17, 15) is 31.4 Å². The summed E-state index contributed by atoms with van der Waals surface area (Å²) in [6.45, 7) is 10.7. The summed E-state index contributed by atoms with van der Waals surface area (Å²) in [5.74, 6) is 0. The topological polar surface area (TPSA) is 20.2 Å². The number of halogens is 6. The molecule has 1 N–H and O–H groups in total. The summed E-state index contributed by atoms with van der Waals surface area (Å²) in [6, 6.07) is 0. The first-order valence-corrected chi connectivity index (χ1v) is 6.87. The van der Waals surface area contributed by atoms with Gasteiger partial charge in [0.25, 0.3) is 5.60 Å². The summed E-state index contributed by atoms with van der Waals surface area (Å²) in [5, 5.41) is 9.20. The van der Waals surface area contributed by atoms with Gasteiger partial charge in [-0.15, -0.1) is 0 Å². The molecule has 0 saturated heterocycles. The van der Waals surface area contributed by atoms with Crippen LogP contribution in [0, 0.1) is 10.8 Å². The lowest BCUT2D eigenvalue weighted by Gasteiger charge is -2.34. The van der Waals surface area contributed by atoms with Gasteiger partial charge in [0.1, 0.15) is 0 Å². The lowest BCUT2D eigenvalue weighted by Crippen LogP contribution is -2.56. The molecular formula is C15H24F6O. The monoisotopic (exact) mass is 334 g/mol. The third-order valence-electron chi connectivity index (χ3n) is 3.27. The van der Waals surface area contributed by atoms with Gasteiger partial charge in [-0.1, -0.05) is 53.2 Å². The molecule has 0 aliphatic carbocycles. The smallest absolute Gasteiger partial charge is 0.373 e. The van der Waals surface area contributed by atoms with Crippen molar-refractivity contribution in [3.8, 4) is 0 Å². The molecule has 0 radical (unpaired) electrons. The molecule has 0 aromatic rings. The second kappa shape index (κ2) is 6.06. The molecule has 0 aromatic heterocycles. The van der Waals surface area contributed by atoms with Gasteiger partial charge in [-0.2, -0.15) is 26.3 Å². The fourth-order valence-electron chi connectivity index (χ4n) is 1.88. The minimum atomic E-state index is -5.79. The molecule has 0 heterocycles. The van der Waals surface area contributed by atoms with E-state index >= 15 is 0 Å². The van der Waals surface area contributed by atoms with Crippen molar-refractivity contribution in [2.24, 2.45) is 10.8 Å². The maximum Gasteiger partial charge on any atom is 0.426 e. The highest BCUT2D eigenvalue weighted by atomic mass is 19.4. The fraction of sp³-hybridized carbons (Fsp3) is 0.867. The normalized spacial score (nSPS) is 16.1. The van der Waals surface area contributed by atoms with Crippen LogP contribution in [0.5, 0.6) is 0 Å². The summed E-state index contributed by atoms with van der Waals surface area (Å²) >= 11 is 0. The van der Waals surface area contributed by atoms with E-state index in [0.29, 0.717) is 12.0 Å². The van der Waals surface area contributed by atoms with E-state index in [0.717, 1.165) is 6.08 Å². The van der Waals surface area contributed by atoms with Crippen molar-refractivity contribution in [3.05, 3.63) is 11.6 Å². The van der Waals surface area contributed by atoms with Crippen LogP contribution in [-0.2, 0) is 0 Å². The van der Waals surface area contributed by atoms with Gasteiger partial charge < -0.3 is 5.11 Å². The molecule has 0 rings (SSSR count). The Morgan fingerprint density at radius 2 is 1.18 bits per heavy atom. The lowest BCUT2D eigenvalue weighted by molar-refractivity contribution is -0.366. The van der Waals surface area contributed by atoms with Crippen LogP contribution in [-0.4, -0.2) is 23.1 Å². The first-order valence-electron chi connectivity index (χ1n) is 6.87. The molecule has 0 spiro atoms. The summed E-state index contributed by atoms with van der Waals surface area (Å²) in [6.07, 6.45) is -11.9. The van der Waals surface area contributed by atoms with Crippen LogP contribution in [0.25, 0.3) is 0 Å². The van der Waals surface area contributed by atoms with E-state index in [-0.39, 0.29) is 5.41 Å². The van der Waals surface area contributed by atoms with Crippen molar-refractivity contribution in [1.29, 1.82) is 0 Å². The molecule has 0 bridgehead atoms. The van der Waals surface area contributed by atoms with Crippen molar-refractivity contribution in [3.63, 3.8) is 0 Å². The van der Waals surface area contributed by atoms with E-state index in [1.54, 1.807) is 20.8 Å². The van der Waals surface area contributed by atoms with Gasteiger partial charge in [-0.05, 0) is 17.3 Å². The third-order valence-corrected chi connectivity index (χ3v) is 3.27. The molecule has 0 amide bonds. The zero-order valence-corrected chi connectivity index (χ0v) is 13.7. The minimum absolute atomic E-state index is 0.298. The quantitative estimate of drug-likeness (QED) is 0.523. The average molecular weight is 334 g/mol. The van der Waals surface area contributed by atoms with E-state index in [4.69, 9.17) is 0 Å². The molecule has 0 unspecified atom stereocenters. The predicted molar refractivity (Wildman–Crippen MR) is 73.3 cm³/mol. The first kappa shape index (κ1) is 21.3. The number of hydrogen-bond acceptors (Lipinski definition) is 1. The van der Waals surface area contributed by atoms with Crippen LogP contribution >= 0.6 is 0 Å². The summed E-state index contributed by atoms with van der Waals surface area (Å²) in [7, 11) is 0. The number of aliphatic hydroxyl groups is 1. The Labute approximate surface area is 127 Å². The van der Waals surface area contributed by atoms with Crippen molar-refractivity contribution in [2.75, 3.05) is 0 Å². The van der Waals surface area contributed by atoms with Gasteiger partial charge >= 0.3 is 12.4 Å². The minimum Gasteiger partial charge on any atom is -0.373 e. The maximum absolute atomic E-state index is 12.7. The van der Waals surface area contributed by atoms with Crippen molar-refractivity contribution >= 4 is 0 Å². The molecule has 0 atom stereocenters. The zero-order valence-electron chi connectivity index (χ0n) is 13.7. The molecule has 0 saturated carbocycles. The molecule has 0 aliphatic heterocycles. The highest BCUT2D eigenvalue weighted by Gasteiger charge is 2.69. The third kappa shape index (κ3) is 5.48. The molecule has 0 aliphatic rings. The van der Waals surface area contributed by atoms with Crippen LogP contribution in [0.1, 0.15) is 54.4 Å². The maximum atomic E-state index is 12.7. The van der Waals surface area contributed by atoms with Crippen molar-refractivity contribution in [2.45, 2.75) is 72.3 Å². The van der Waals surface area contributed by atoms with Gasteiger partial charge in [0.15, 0.2) is 0 Å². The molecule has 132 valence electrons. The Balaban J connectivity index is 5.71. The van der Waals surface area contributed by atoms with E-state index < -0.39 is 29.8 Å². The van der Waals surface area contributed by atoms with E-state index in [1.807, 2.05) is 20.8 Å². The van der Waals surface area contributed by atoms with Crippen LogP contribution in [0.4, 0.5) is 26.3 Å². The van der Waals surface area contributed by atoms with Gasteiger partial charge in [0.05, 0.1) is 0 Å². The first-order chi connectivity index (χ1) is 9.31. The summed E-state index contributed by atoms with van der Waals surface area (Å²) < 4.78 is 76.1. The predicted octanol–water partition coefficient (Wildman–Crippen LogP) is 5.64. The van der Waals surface area contributed by atoms with Crippen LogP contribution in [0.3, 0.4) is 0 Å². The van der Waals surface area contributed by atoms with Gasteiger partial charge in [-0.3, -0.25) is 0 Å². The van der Waals surface area contributed by atoms with Crippen LogP contribution in [0.15, 0.2) is 11.6 Å². The number of allylic oxidation sites excluding steroid dienone is 1. The second-order valence-corrected chi connectivity index (χ2v) is 7.78. The molecule has 0 aromatic carbocycles. The molecular weight excluding hydrogens is 310 g/mol. The second-order valence-electron chi connectivity index (χ2n) is 7.78. The molecule has 7 heteroatoms. The molecule has 1 nitrogen and oxygen atoms in total. The van der Waals surface area contributed by atoms with Crippen LogP contribution < -0.4 is 0 Å². The van der Waals surface area contributed by atoms with Gasteiger partial charge in [0.2, 0.25) is 0 Å². The summed E-state index contributed by atoms with van der Waals surface area (Å²) in [5.41, 5.74) is -5.17. The lowest BCUT2D eigenvalue weighted by atomic mass is 9.75. The van der Waals surface area contributed by atoms with Gasteiger partial charge in [0, 0.05) is 6.42 Å². The highest BCUT2D eigenvalue weighted by molar-refractivity contribution is 5.15. The average Bonchev–Trinajstić information content (AvgIpc) is 2.16. The Morgan fingerprint density at radius 1 is 0.818 bits per heavy atom. The standard InChI is InChI=1S/C15H24F6O/c1-11(2,3)9-10(12(4,5)6)7-8-13(22,14(16,17)18)15(19,20)21/h7,22H,8-9H2,1-6H3/b10-7-. The fourth-order valence-corrected chi connectivity index (χ4v) is 1.88. The highest BCUT2D eigenvalue weighted by Crippen LogP contribution is 2.46. The molecule has 0 fully saturated rings. The molecule has 22 heavy (non-hydrogen) atoms.